The first-order valence-electron chi connectivity index (χ1n) is 5.04. The first kappa shape index (κ1) is 12.1. The molecule has 16 heavy (non-hydrogen) atoms. The lowest BCUT2D eigenvalue weighted by molar-refractivity contribution is -0.124. The van der Waals surface area contributed by atoms with Crippen molar-refractivity contribution < 1.29 is 9.53 Å². The number of benzene rings is 1. The summed E-state index contributed by atoms with van der Waals surface area (Å²) in [6.45, 7) is 0.678. The van der Waals surface area contributed by atoms with E-state index >= 15 is 0 Å². The second kappa shape index (κ2) is 5.29. The minimum absolute atomic E-state index is 0.0729. The summed E-state index contributed by atoms with van der Waals surface area (Å²) in [5, 5.41) is 2.85. The predicted octanol–water partition coefficient (Wildman–Crippen LogP) is 3.33. The van der Waals surface area contributed by atoms with Gasteiger partial charge in [-0.3, -0.25) is 4.79 Å². The summed E-state index contributed by atoms with van der Waals surface area (Å²) in [5.74, 6) is -0.0729. The number of hydrogen-bond acceptors (Lipinski definition) is 2. The summed E-state index contributed by atoms with van der Waals surface area (Å²) >= 11 is 6.76. The van der Waals surface area contributed by atoms with E-state index in [0.29, 0.717) is 6.61 Å². The van der Waals surface area contributed by atoms with Crippen LogP contribution in [0.1, 0.15) is 12.8 Å². The van der Waals surface area contributed by atoms with E-state index in [2.05, 4.69) is 37.2 Å². The van der Waals surface area contributed by atoms with Gasteiger partial charge in [0.25, 0.3) is 5.91 Å². The van der Waals surface area contributed by atoms with E-state index in [1.165, 1.54) is 0 Å². The van der Waals surface area contributed by atoms with E-state index in [-0.39, 0.29) is 12.0 Å². The van der Waals surface area contributed by atoms with Gasteiger partial charge in [0.1, 0.15) is 6.10 Å². The maximum Gasteiger partial charge on any atom is 0.253 e. The number of amides is 1. The van der Waals surface area contributed by atoms with Crippen LogP contribution in [0.2, 0.25) is 0 Å². The molecule has 1 saturated heterocycles. The molecule has 1 amide bonds. The van der Waals surface area contributed by atoms with Gasteiger partial charge in [-0.1, -0.05) is 15.9 Å². The molecular formula is C11H11Br2NO2. The average Bonchev–Trinajstić information content (AvgIpc) is 2.76. The van der Waals surface area contributed by atoms with Crippen LogP contribution in [0.5, 0.6) is 0 Å². The quantitative estimate of drug-likeness (QED) is 0.890. The Balaban J connectivity index is 2.07. The lowest BCUT2D eigenvalue weighted by Crippen LogP contribution is -2.26. The molecule has 0 radical (unpaired) electrons. The second-order valence-corrected chi connectivity index (χ2v) is 5.39. The summed E-state index contributed by atoms with van der Waals surface area (Å²) in [5.41, 5.74) is 0.759. The Kier molecular flexibility index (Phi) is 4.00. The molecule has 1 fully saturated rings. The number of carbonyl (C=O) groups is 1. The molecule has 1 atom stereocenters. The predicted molar refractivity (Wildman–Crippen MR) is 69.4 cm³/mol. The van der Waals surface area contributed by atoms with Crippen molar-refractivity contribution in [1.82, 2.24) is 0 Å². The van der Waals surface area contributed by atoms with Gasteiger partial charge in [0.15, 0.2) is 0 Å². The van der Waals surface area contributed by atoms with Gasteiger partial charge >= 0.3 is 0 Å². The molecule has 1 N–H and O–H groups in total. The van der Waals surface area contributed by atoms with Crippen molar-refractivity contribution in [3.63, 3.8) is 0 Å². The van der Waals surface area contributed by atoms with Crippen molar-refractivity contribution in [2.45, 2.75) is 18.9 Å². The second-order valence-electron chi connectivity index (χ2n) is 3.62. The Hall–Kier alpha value is -0.390. The van der Waals surface area contributed by atoms with Gasteiger partial charge in [-0.25, -0.2) is 0 Å². The summed E-state index contributed by atoms with van der Waals surface area (Å²) in [4.78, 5) is 11.8. The van der Waals surface area contributed by atoms with Crippen LogP contribution >= 0.6 is 31.9 Å². The van der Waals surface area contributed by atoms with E-state index in [1.54, 1.807) is 0 Å². The van der Waals surface area contributed by atoms with Crippen LogP contribution in [0, 0.1) is 0 Å². The minimum Gasteiger partial charge on any atom is -0.368 e. The Morgan fingerprint density at radius 1 is 1.44 bits per heavy atom. The van der Waals surface area contributed by atoms with Gasteiger partial charge in [-0.2, -0.15) is 0 Å². The molecule has 1 heterocycles. The zero-order chi connectivity index (χ0) is 11.5. The molecule has 1 aliphatic rings. The summed E-state index contributed by atoms with van der Waals surface area (Å²) in [7, 11) is 0. The molecule has 5 heteroatoms. The number of nitrogens with one attached hydrogen (secondary N) is 1. The molecule has 86 valence electrons. The van der Waals surface area contributed by atoms with Crippen LogP contribution in [0.3, 0.4) is 0 Å². The number of ether oxygens (including phenoxy) is 1. The molecule has 0 aliphatic carbocycles. The smallest absolute Gasteiger partial charge is 0.253 e. The maximum absolute atomic E-state index is 11.8. The average molecular weight is 349 g/mol. The minimum atomic E-state index is -0.300. The molecular weight excluding hydrogens is 338 g/mol. The highest BCUT2D eigenvalue weighted by Gasteiger charge is 2.23. The first-order valence-corrected chi connectivity index (χ1v) is 6.63. The third-order valence-corrected chi connectivity index (χ3v) is 3.59. The third kappa shape index (κ3) is 2.84. The zero-order valence-corrected chi connectivity index (χ0v) is 11.7. The number of hydrogen-bond donors (Lipinski definition) is 1. The topological polar surface area (TPSA) is 38.3 Å². The number of rotatable bonds is 2. The van der Waals surface area contributed by atoms with Crippen LogP contribution < -0.4 is 5.32 Å². The highest BCUT2D eigenvalue weighted by Crippen LogP contribution is 2.27. The van der Waals surface area contributed by atoms with Gasteiger partial charge in [0.05, 0.1) is 5.69 Å². The maximum atomic E-state index is 11.8. The fourth-order valence-electron chi connectivity index (χ4n) is 1.59. The summed E-state index contributed by atoms with van der Waals surface area (Å²) < 4.78 is 7.11. The molecule has 0 aromatic heterocycles. The van der Waals surface area contributed by atoms with E-state index < -0.39 is 0 Å². The third-order valence-electron chi connectivity index (χ3n) is 2.41. The van der Waals surface area contributed by atoms with Crippen LogP contribution in [0.25, 0.3) is 0 Å². The van der Waals surface area contributed by atoms with E-state index in [9.17, 15) is 4.79 Å². The van der Waals surface area contributed by atoms with Crippen molar-refractivity contribution in [2.75, 3.05) is 11.9 Å². The van der Waals surface area contributed by atoms with Crippen molar-refractivity contribution in [1.29, 1.82) is 0 Å². The van der Waals surface area contributed by atoms with Crippen molar-refractivity contribution >= 4 is 43.5 Å². The van der Waals surface area contributed by atoms with Gasteiger partial charge in [0, 0.05) is 15.6 Å². The largest absolute Gasteiger partial charge is 0.368 e. The standard InChI is InChI=1S/C11H11Br2NO2/c12-7-3-4-8(13)9(6-7)14-11(15)10-2-1-5-16-10/h3-4,6,10H,1-2,5H2,(H,14,15)/t10-/m0/s1. The lowest BCUT2D eigenvalue weighted by atomic mass is 10.2. The molecule has 1 aliphatic heterocycles. The molecule has 0 bridgehead atoms. The molecule has 0 unspecified atom stereocenters. The van der Waals surface area contributed by atoms with Crippen molar-refractivity contribution in [3.05, 3.63) is 27.1 Å². The summed E-state index contributed by atoms with van der Waals surface area (Å²) in [6.07, 6.45) is 1.46. The Morgan fingerprint density at radius 2 is 2.25 bits per heavy atom. The SMILES string of the molecule is O=C(Nc1cc(Br)ccc1Br)[C@@H]1CCCO1. The van der Waals surface area contributed by atoms with E-state index in [0.717, 1.165) is 27.5 Å². The van der Waals surface area contributed by atoms with Crippen LogP contribution in [-0.2, 0) is 9.53 Å². The lowest BCUT2D eigenvalue weighted by Gasteiger charge is -2.11. The molecule has 3 nitrogen and oxygen atoms in total. The molecule has 1 aromatic rings. The fraction of sp³-hybridized carbons (Fsp3) is 0.364. The molecule has 0 spiro atoms. The normalized spacial score (nSPS) is 19.8. The zero-order valence-electron chi connectivity index (χ0n) is 8.50. The van der Waals surface area contributed by atoms with Gasteiger partial charge in [-0.15, -0.1) is 0 Å². The Morgan fingerprint density at radius 3 is 2.94 bits per heavy atom. The van der Waals surface area contributed by atoms with Gasteiger partial charge < -0.3 is 10.1 Å². The highest BCUT2D eigenvalue weighted by molar-refractivity contribution is 9.11. The number of carbonyl (C=O) groups excluding carboxylic acids is 1. The van der Waals surface area contributed by atoms with E-state index in [1.807, 2.05) is 18.2 Å². The van der Waals surface area contributed by atoms with Crippen molar-refractivity contribution in [3.8, 4) is 0 Å². The highest BCUT2D eigenvalue weighted by atomic mass is 79.9. The molecule has 2 rings (SSSR count). The van der Waals surface area contributed by atoms with Crippen LogP contribution in [0.4, 0.5) is 5.69 Å². The number of halogens is 2. The van der Waals surface area contributed by atoms with Crippen molar-refractivity contribution in [2.24, 2.45) is 0 Å². The van der Waals surface area contributed by atoms with Gasteiger partial charge in [-0.05, 0) is 47.0 Å². The first-order chi connectivity index (χ1) is 7.66. The monoisotopic (exact) mass is 347 g/mol. The molecule has 0 saturated carbocycles. The Labute approximate surface area is 111 Å². The fourth-order valence-corrected chi connectivity index (χ4v) is 2.30. The van der Waals surface area contributed by atoms with Gasteiger partial charge in [0.2, 0.25) is 0 Å². The number of anilines is 1. The molecule has 1 aromatic carbocycles. The van der Waals surface area contributed by atoms with Crippen LogP contribution in [0.15, 0.2) is 27.1 Å². The van der Waals surface area contributed by atoms with E-state index in [4.69, 9.17) is 4.74 Å². The Bertz CT molecular complexity index is 403. The summed E-state index contributed by atoms with van der Waals surface area (Å²) in [6, 6.07) is 5.65. The van der Waals surface area contributed by atoms with Crippen LogP contribution in [-0.4, -0.2) is 18.6 Å².